The zero-order chi connectivity index (χ0) is 13.2. The fourth-order valence-electron chi connectivity index (χ4n) is 2.15. The molecule has 0 bridgehead atoms. The number of anilines is 1. The summed E-state index contributed by atoms with van der Waals surface area (Å²) in [6.07, 6.45) is 0. The third-order valence-electron chi connectivity index (χ3n) is 3.19. The van der Waals surface area contributed by atoms with Crippen molar-refractivity contribution in [1.82, 2.24) is 10.3 Å². The van der Waals surface area contributed by atoms with Crippen LogP contribution in [0.15, 0.2) is 18.2 Å². The van der Waals surface area contributed by atoms with E-state index in [0.717, 1.165) is 41.5 Å². The Labute approximate surface area is 115 Å². The van der Waals surface area contributed by atoms with E-state index < -0.39 is 0 Å². The molecule has 1 aromatic heterocycles. The van der Waals surface area contributed by atoms with E-state index in [2.05, 4.69) is 15.2 Å². The topological polar surface area (TPSA) is 54.5 Å². The maximum Gasteiger partial charge on any atom is 0.337 e. The molecule has 0 amide bonds. The van der Waals surface area contributed by atoms with Gasteiger partial charge in [-0.2, -0.15) is 0 Å². The Bertz CT molecular complexity index is 605. The number of hydrogen-bond acceptors (Lipinski definition) is 6. The quantitative estimate of drug-likeness (QED) is 0.843. The van der Waals surface area contributed by atoms with Crippen molar-refractivity contribution in [2.45, 2.75) is 0 Å². The Balaban J connectivity index is 1.93. The van der Waals surface area contributed by atoms with Gasteiger partial charge < -0.3 is 15.0 Å². The molecule has 3 rings (SSSR count). The molecular weight excluding hydrogens is 262 g/mol. The number of esters is 1. The summed E-state index contributed by atoms with van der Waals surface area (Å²) in [6, 6.07) is 5.49. The molecule has 1 saturated heterocycles. The van der Waals surface area contributed by atoms with Crippen molar-refractivity contribution in [3.8, 4) is 0 Å². The molecule has 6 heteroatoms. The van der Waals surface area contributed by atoms with Crippen molar-refractivity contribution < 1.29 is 9.53 Å². The van der Waals surface area contributed by atoms with Gasteiger partial charge >= 0.3 is 5.97 Å². The third kappa shape index (κ3) is 2.41. The predicted molar refractivity (Wildman–Crippen MR) is 76.0 cm³/mol. The zero-order valence-electron chi connectivity index (χ0n) is 10.7. The summed E-state index contributed by atoms with van der Waals surface area (Å²) in [5.74, 6) is -0.306. The van der Waals surface area contributed by atoms with Crippen LogP contribution in [-0.4, -0.2) is 44.2 Å². The van der Waals surface area contributed by atoms with Gasteiger partial charge in [0.1, 0.15) is 0 Å². The maximum atomic E-state index is 11.5. The Morgan fingerprint density at radius 1 is 1.42 bits per heavy atom. The summed E-state index contributed by atoms with van der Waals surface area (Å²) in [4.78, 5) is 18.4. The second-order valence-electron chi connectivity index (χ2n) is 4.41. The van der Waals surface area contributed by atoms with Gasteiger partial charge in [-0.15, -0.1) is 0 Å². The van der Waals surface area contributed by atoms with Crippen LogP contribution in [0, 0.1) is 0 Å². The average Bonchev–Trinajstić information content (AvgIpc) is 2.90. The standard InChI is InChI=1S/C13H15N3O2S/c1-18-12(17)9-2-3-10-11(8-9)19-13(15-10)16-6-4-14-5-7-16/h2-3,8,14H,4-7H2,1H3. The summed E-state index contributed by atoms with van der Waals surface area (Å²) in [6.45, 7) is 3.93. The average molecular weight is 277 g/mol. The zero-order valence-corrected chi connectivity index (χ0v) is 11.5. The van der Waals surface area contributed by atoms with Crippen LogP contribution in [0.3, 0.4) is 0 Å². The molecule has 0 radical (unpaired) electrons. The number of rotatable bonds is 2. The molecule has 0 aliphatic carbocycles. The highest BCUT2D eigenvalue weighted by molar-refractivity contribution is 7.22. The van der Waals surface area contributed by atoms with Crippen molar-refractivity contribution in [3.05, 3.63) is 23.8 Å². The molecule has 1 aromatic carbocycles. The van der Waals surface area contributed by atoms with Crippen LogP contribution in [-0.2, 0) is 4.74 Å². The number of fused-ring (bicyclic) bond motifs is 1. The SMILES string of the molecule is COC(=O)c1ccc2nc(N3CCNCC3)sc2c1. The van der Waals surface area contributed by atoms with Crippen molar-refractivity contribution in [3.63, 3.8) is 0 Å². The first-order valence-corrected chi connectivity index (χ1v) is 7.04. The molecule has 5 nitrogen and oxygen atoms in total. The van der Waals surface area contributed by atoms with E-state index in [9.17, 15) is 4.79 Å². The number of nitrogens with one attached hydrogen (secondary N) is 1. The highest BCUT2D eigenvalue weighted by atomic mass is 32.1. The van der Waals surface area contributed by atoms with E-state index in [1.54, 1.807) is 17.4 Å². The molecule has 100 valence electrons. The van der Waals surface area contributed by atoms with Gasteiger partial charge in [-0.3, -0.25) is 0 Å². The number of nitrogens with zero attached hydrogens (tertiary/aromatic N) is 2. The molecule has 0 saturated carbocycles. The second kappa shape index (κ2) is 5.14. The minimum atomic E-state index is -0.306. The summed E-state index contributed by atoms with van der Waals surface area (Å²) in [5.41, 5.74) is 1.51. The third-order valence-corrected chi connectivity index (χ3v) is 4.26. The number of piperazine rings is 1. The lowest BCUT2D eigenvalue weighted by Crippen LogP contribution is -2.43. The van der Waals surface area contributed by atoms with E-state index in [4.69, 9.17) is 4.74 Å². The molecule has 2 aromatic rings. The minimum absolute atomic E-state index is 0.306. The second-order valence-corrected chi connectivity index (χ2v) is 5.42. The van der Waals surface area contributed by atoms with E-state index in [1.807, 2.05) is 12.1 Å². The summed E-state index contributed by atoms with van der Waals surface area (Å²) < 4.78 is 5.76. The molecule has 1 N–H and O–H groups in total. The summed E-state index contributed by atoms with van der Waals surface area (Å²) in [7, 11) is 1.39. The Morgan fingerprint density at radius 2 is 2.21 bits per heavy atom. The van der Waals surface area contributed by atoms with Gasteiger partial charge in [-0.25, -0.2) is 9.78 Å². The van der Waals surface area contributed by atoms with Crippen LogP contribution >= 0.6 is 11.3 Å². The van der Waals surface area contributed by atoms with Crippen LogP contribution in [0.5, 0.6) is 0 Å². The van der Waals surface area contributed by atoms with Crippen LogP contribution in [0.1, 0.15) is 10.4 Å². The molecule has 2 heterocycles. The number of ether oxygens (including phenoxy) is 1. The van der Waals surface area contributed by atoms with Crippen LogP contribution < -0.4 is 10.2 Å². The highest BCUT2D eigenvalue weighted by Crippen LogP contribution is 2.29. The molecule has 0 atom stereocenters. The molecule has 1 fully saturated rings. The number of hydrogen-bond donors (Lipinski definition) is 1. The van der Waals surface area contributed by atoms with Gasteiger partial charge in [-0.05, 0) is 18.2 Å². The lowest BCUT2D eigenvalue weighted by Gasteiger charge is -2.26. The monoisotopic (exact) mass is 277 g/mol. The summed E-state index contributed by atoms with van der Waals surface area (Å²) >= 11 is 1.63. The first-order valence-electron chi connectivity index (χ1n) is 6.22. The van der Waals surface area contributed by atoms with Gasteiger partial charge in [0.25, 0.3) is 0 Å². The molecular formula is C13H15N3O2S. The van der Waals surface area contributed by atoms with Gasteiger partial charge in [0, 0.05) is 26.2 Å². The maximum absolute atomic E-state index is 11.5. The van der Waals surface area contributed by atoms with Gasteiger partial charge in [0.05, 0.1) is 22.9 Å². The molecule has 1 aliphatic heterocycles. The van der Waals surface area contributed by atoms with E-state index in [-0.39, 0.29) is 5.97 Å². The first kappa shape index (κ1) is 12.4. The van der Waals surface area contributed by atoms with E-state index >= 15 is 0 Å². The lowest BCUT2D eigenvalue weighted by atomic mass is 10.2. The van der Waals surface area contributed by atoms with Crippen LogP contribution in [0.25, 0.3) is 10.2 Å². The number of methoxy groups -OCH3 is 1. The largest absolute Gasteiger partial charge is 0.465 e. The van der Waals surface area contributed by atoms with Crippen molar-refractivity contribution in [2.75, 3.05) is 38.2 Å². The molecule has 0 unspecified atom stereocenters. The summed E-state index contributed by atoms with van der Waals surface area (Å²) in [5, 5.41) is 4.35. The number of carbonyl (C=O) groups excluding carboxylic acids is 1. The van der Waals surface area contributed by atoms with Crippen molar-refractivity contribution in [1.29, 1.82) is 0 Å². The number of benzene rings is 1. The first-order chi connectivity index (χ1) is 9.28. The predicted octanol–water partition coefficient (Wildman–Crippen LogP) is 1.49. The van der Waals surface area contributed by atoms with E-state index in [0.29, 0.717) is 5.56 Å². The van der Waals surface area contributed by atoms with Crippen LogP contribution in [0.4, 0.5) is 5.13 Å². The Kier molecular flexibility index (Phi) is 3.35. The molecule has 0 spiro atoms. The number of carbonyl (C=O) groups is 1. The van der Waals surface area contributed by atoms with Crippen LogP contribution in [0.2, 0.25) is 0 Å². The lowest BCUT2D eigenvalue weighted by molar-refractivity contribution is 0.0601. The Hall–Kier alpha value is -1.66. The minimum Gasteiger partial charge on any atom is -0.465 e. The Morgan fingerprint density at radius 3 is 2.95 bits per heavy atom. The molecule has 1 aliphatic rings. The van der Waals surface area contributed by atoms with Gasteiger partial charge in [0.15, 0.2) is 5.13 Å². The van der Waals surface area contributed by atoms with E-state index in [1.165, 1.54) is 7.11 Å². The van der Waals surface area contributed by atoms with Crippen molar-refractivity contribution in [2.24, 2.45) is 0 Å². The fourth-order valence-corrected chi connectivity index (χ4v) is 3.21. The normalized spacial score (nSPS) is 15.7. The van der Waals surface area contributed by atoms with Gasteiger partial charge in [0.2, 0.25) is 0 Å². The van der Waals surface area contributed by atoms with Crippen molar-refractivity contribution >= 4 is 32.7 Å². The highest BCUT2D eigenvalue weighted by Gasteiger charge is 2.15. The fraction of sp³-hybridized carbons (Fsp3) is 0.385. The number of thiazole rings is 1. The smallest absolute Gasteiger partial charge is 0.337 e. The number of aromatic nitrogens is 1. The molecule has 19 heavy (non-hydrogen) atoms. The van der Waals surface area contributed by atoms with Gasteiger partial charge in [-0.1, -0.05) is 11.3 Å².